The molecule has 0 fully saturated rings. The van der Waals surface area contributed by atoms with E-state index in [4.69, 9.17) is 0 Å². The average molecular weight is 139 g/mol. The van der Waals surface area contributed by atoms with Gasteiger partial charge in [-0.15, -0.1) is 0 Å². The van der Waals surface area contributed by atoms with E-state index in [2.05, 4.69) is 38.1 Å². The second kappa shape index (κ2) is 2.65. The van der Waals surface area contributed by atoms with E-state index in [0.717, 1.165) is 0 Å². The van der Waals surface area contributed by atoms with Crippen LogP contribution in [0.2, 0.25) is 0 Å². The van der Waals surface area contributed by atoms with Crippen molar-refractivity contribution in [2.24, 2.45) is 5.41 Å². The van der Waals surface area contributed by atoms with E-state index in [0.29, 0.717) is 5.41 Å². The Balaban J connectivity index is 2.59. The van der Waals surface area contributed by atoms with Gasteiger partial charge in [-0.25, -0.2) is 0 Å². The molecule has 1 heterocycles. The van der Waals surface area contributed by atoms with Crippen LogP contribution in [-0.2, 0) is 0 Å². The molecule has 0 amide bonds. The van der Waals surface area contributed by atoms with Crippen LogP contribution in [0, 0.1) is 5.41 Å². The van der Waals surface area contributed by atoms with Crippen LogP contribution >= 0.6 is 0 Å². The molecule has 0 unspecified atom stereocenters. The molecule has 0 aliphatic carbocycles. The fourth-order valence-electron chi connectivity index (χ4n) is 1.27. The normalized spacial score (nSPS) is 24.5. The van der Waals surface area contributed by atoms with E-state index in [9.17, 15) is 0 Å². The Hall–Kier alpha value is -0.460. The number of hydrogen-bond acceptors (Lipinski definition) is 1. The number of nitrogens with zero attached hydrogens (tertiary/aromatic N) is 1. The van der Waals surface area contributed by atoms with E-state index in [1.165, 1.54) is 19.4 Å². The van der Waals surface area contributed by atoms with Gasteiger partial charge in [-0.1, -0.05) is 19.9 Å². The summed E-state index contributed by atoms with van der Waals surface area (Å²) in [7, 11) is 2.14. The third-order valence-electron chi connectivity index (χ3n) is 2.11. The summed E-state index contributed by atoms with van der Waals surface area (Å²) in [5.41, 5.74) is 0.421. The van der Waals surface area contributed by atoms with Crippen molar-refractivity contribution < 1.29 is 0 Å². The molecule has 0 N–H and O–H groups in total. The molecule has 0 radical (unpaired) electrons. The Bertz CT molecular complexity index is 136. The molecule has 1 aliphatic heterocycles. The van der Waals surface area contributed by atoms with E-state index in [1.807, 2.05) is 0 Å². The Labute approximate surface area is 63.7 Å². The number of hydrogen-bond donors (Lipinski definition) is 0. The molecule has 0 bridgehead atoms. The van der Waals surface area contributed by atoms with Crippen molar-refractivity contribution in [1.82, 2.24) is 4.90 Å². The highest BCUT2D eigenvalue weighted by atomic mass is 15.1. The van der Waals surface area contributed by atoms with Crippen molar-refractivity contribution in [3.63, 3.8) is 0 Å². The summed E-state index contributed by atoms with van der Waals surface area (Å²) >= 11 is 0. The van der Waals surface area contributed by atoms with E-state index < -0.39 is 0 Å². The maximum Gasteiger partial charge on any atom is 0.0169 e. The van der Waals surface area contributed by atoms with Crippen LogP contribution in [0.5, 0.6) is 0 Å². The van der Waals surface area contributed by atoms with Crippen molar-refractivity contribution in [3.8, 4) is 0 Å². The highest BCUT2D eigenvalue weighted by molar-refractivity contribution is 4.96. The van der Waals surface area contributed by atoms with Crippen LogP contribution in [0.3, 0.4) is 0 Å². The molecule has 0 saturated carbocycles. The summed E-state index contributed by atoms with van der Waals surface area (Å²) in [5, 5.41) is 0. The molecule has 1 rings (SSSR count). The first-order chi connectivity index (χ1) is 4.60. The van der Waals surface area contributed by atoms with Crippen molar-refractivity contribution >= 4 is 0 Å². The van der Waals surface area contributed by atoms with Crippen molar-refractivity contribution in [2.75, 3.05) is 13.6 Å². The van der Waals surface area contributed by atoms with Crippen LogP contribution in [-0.4, -0.2) is 18.5 Å². The van der Waals surface area contributed by atoms with Gasteiger partial charge in [0.05, 0.1) is 0 Å². The number of allylic oxidation sites excluding steroid dienone is 1. The van der Waals surface area contributed by atoms with E-state index in [-0.39, 0.29) is 0 Å². The zero-order valence-electron chi connectivity index (χ0n) is 7.22. The topological polar surface area (TPSA) is 3.24 Å². The quantitative estimate of drug-likeness (QED) is 0.497. The lowest BCUT2D eigenvalue weighted by Gasteiger charge is -2.16. The summed E-state index contributed by atoms with van der Waals surface area (Å²) in [6.07, 6.45) is 7.14. The van der Waals surface area contributed by atoms with Crippen molar-refractivity contribution in [1.29, 1.82) is 0 Å². The molecule has 10 heavy (non-hydrogen) atoms. The standard InChI is InChI=1S/C9H17N/c1-9(2)5-4-7-10(3)8-6-9/h6,8H,4-5,7H2,1-3H3. The largest absolute Gasteiger partial charge is 0.381 e. The van der Waals surface area contributed by atoms with Gasteiger partial charge < -0.3 is 4.90 Å². The first-order valence-electron chi connectivity index (χ1n) is 4.00. The van der Waals surface area contributed by atoms with Crippen molar-refractivity contribution in [3.05, 3.63) is 12.3 Å². The molecule has 1 nitrogen and oxygen atoms in total. The van der Waals surface area contributed by atoms with Gasteiger partial charge in [-0.3, -0.25) is 0 Å². The maximum atomic E-state index is 2.31. The lowest BCUT2D eigenvalue weighted by atomic mass is 9.89. The van der Waals surface area contributed by atoms with E-state index in [1.54, 1.807) is 0 Å². The van der Waals surface area contributed by atoms with Gasteiger partial charge in [0.15, 0.2) is 0 Å². The Kier molecular flexibility index (Phi) is 2.02. The first kappa shape index (κ1) is 7.64. The summed E-state index contributed by atoms with van der Waals surface area (Å²) in [6, 6.07) is 0. The van der Waals surface area contributed by atoms with Gasteiger partial charge in [-0.05, 0) is 24.5 Å². The predicted molar refractivity (Wildman–Crippen MR) is 44.8 cm³/mol. The molecule has 0 atom stereocenters. The van der Waals surface area contributed by atoms with Gasteiger partial charge in [0, 0.05) is 13.6 Å². The Morgan fingerprint density at radius 3 is 2.80 bits per heavy atom. The van der Waals surface area contributed by atoms with Crippen LogP contribution in [0.1, 0.15) is 26.7 Å². The SMILES string of the molecule is CN1C=CC(C)(C)CCC1. The molecular weight excluding hydrogens is 122 g/mol. The Morgan fingerprint density at radius 1 is 1.40 bits per heavy atom. The molecule has 0 spiro atoms. The zero-order chi connectivity index (χ0) is 7.61. The van der Waals surface area contributed by atoms with E-state index >= 15 is 0 Å². The van der Waals surface area contributed by atoms with Gasteiger partial charge in [0.1, 0.15) is 0 Å². The monoisotopic (exact) mass is 139 g/mol. The zero-order valence-corrected chi connectivity index (χ0v) is 7.22. The highest BCUT2D eigenvalue weighted by Gasteiger charge is 2.15. The van der Waals surface area contributed by atoms with Gasteiger partial charge in [0.25, 0.3) is 0 Å². The fourth-order valence-corrected chi connectivity index (χ4v) is 1.27. The molecule has 1 heteroatoms. The third kappa shape index (κ3) is 2.05. The lowest BCUT2D eigenvalue weighted by Crippen LogP contribution is -2.10. The van der Waals surface area contributed by atoms with Crippen molar-refractivity contribution in [2.45, 2.75) is 26.7 Å². The summed E-state index contributed by atoms with van der Waals surface area (Å²) in [5.74, 6) is 0. The highest BCUT2D eigenvalue weighted by Crippen LogP contribution is 2.26. The van der Waals surface area contributed by atoms with Gasteiger partial charge in [0.2, 0.25) is 0 Å². The third-order valence-corrected chi connectivity index (χ3v) is 2.11. The minimum Gasteiger partial charge on any atom is -0.381 e. The van der Waals surface area contributed by atoms with Gasteiger partial charge >= 0.3 is 0 Å². The minimum absolute atomic E-state index is 0.421. The lowest BCUT2D eigenvalue weighted by molar-refractivity contribution is 0.400. The van der Waals surface area contributed by atoms with Crippen LogP contribution in [0.4, 0.5) is 0 Å². The number of rotatable bonds is 0. The molecule has 0 aromatic heterocycles. The molecule has 0 saturated heterocycles. The Morgan fingerprint density at radius 2 is 2.10 bits per heavy atom. The summed E-state index contributed by atoms with van der Waals surface area (Å²) in [4.78, 5) is 2.26. The van der Waals surface area contributed by atoms with Crippen LogP contribution < -0.4 is 0 Å². The second-order valence-corrected chi connectivity index (χ2v) is 3.89. The molecule has 58 valence electrons. The van der Waals surface area contributed by atoms with Crippen LogP contribution in [0.25, 0.3) is 0 Å². The molecule has 0 aromatic rings. The summed E-state index contributed by atoms with van der Waals surface area (Å²) < 4.78 is 0. The smallest absolute Gasteiger partial charge is 0.0169 e. The molecule has 0 aromatic carbocycles. The second-order valence-electron chi connectivity index (χ2n) is 3.89. The average Bonchev–Trinajstić information content (AvgIpc) is 1.94. The maximum absolute atomic E-state index is 2.31. The van der Waals surface area contributed by atoms with Gasteiger partial charge in [-0.2, -0.15) is 0 Å². The summed E-state index contributed by atoms with van der Waals surface area (Å²) in [6.45, 7) is 5.80. The first-order valence-corrected chi connectivity index (χ1v) is 4.00. The van der Waals surface area contributed by atoms with Crippen LogP contribution in [0.15, 0.2) is 12.3 Å². The minimum atomic E-state index is 0.421. The fraction of sp³-hybridized carbons (Fsp3) is 0.778. The molecule has 1 aliphatic rings. The predicted octanol–water partition coefficient (Wildman–Crippen LogP) is 2.25. The molecular formula is C9H17N.